The highest BCUT2D eigenvalue weighted by molar-refractivity contribution is 7.80. The van der Waals surface area contributed by atoms with E-state index in [9.17, 15) is 4.79 Å². The van der Waals surface area contributed by atoms with Gasteiger partial charge in [0.1, 0.15) is 0 Å². The van der Waals surface area contributed by atoms with Crippen molar-refractivity contribution in [3.8, 4) is 0 Å². The fourth-order valence-corrected chi connectivity index (χ4v) is 3.14. The molecular weight excluding hydrogens is 242 g/mol. The first-order valence-electron chi connectivity index (χ1n) is 7.43. The van der Waals surface area contributed by atoms with Crippen molar-refractivity contribution in [2.75, 3.05) is 18.8 Å². The monoisotopic (exact) mass is 271 g/mol. The molecule has 0 N–H and O–H groups in total. The van der Waals surface area contributed by atoms with Gasteiger partial charge in [-0.2, -0.15) is 12.6 Å². The van der Waals surface area contributed by atoms with Crippen molar-refractivity contribution in [3.05, 3.63) is 0 Å². The van der Waals surface area contributed by atoms with Crippen LogP contribution in [-0.4, -0.2) is 29.6 Å². The Labute approximate surface area is 118 Å². The topological polar surface area (TPSA) is 20.3 Å². The molecular formula is C15H29NOS. The maximum absolute atomic E-state index is 12.1. The van der Waals surface area contributed by atoms with Gasteiger partial charge in [-0.1, -0.05) is 20.8 Å². The lowest BCUT2D eigenvalue weighted by atomic mass is 9.89. The van der Waals surface area contributed by atoms with E-state index in [4.69, 9.17) is 0 Å². The molecule has 1 rings (SSSR count). The first-order chi connectivity index (χ1) is 8.54. The van der Waals surface area contributed by atoms with Gasteiger partial charge < -0.3 is 4.90 Å². The summed E-state index contributed by atoms with van der Waals surface area (Å²) in [4.78, 5) is 14.2. The van der Waals surface area contributed by atoms with Gasteiger partial charge in [0, 0.05) is 19.5 Å². The average Bonchev–Trinajstić information content (AvgIpc) is 2.49. The summed E-state index contributed by atoms with van der Waals surface area (Å²) in [5.41, 5.74) is 0. The number of nitrogens with zero attached hydrogens (tertiary/aromatic N) is 1. The van der Waals surface area contributed by atoms with Crippen molar-refractivity contribution in [1.82, 2.24) is 4.90 Å². The van der Waals surface area contributed by atoms with Crippen LogP contribution in [0.3, 0.4) is 0 Å². The molecule has 1 fully saturated rings. The molecule has 0 aliphatic carbocycles. The third-order valence-corrected chi connectivity index (χ3v) is 4.57. The molecule has 0 aromatic carbocycles. The van der Waals surface area contributed by atoms with E-state index in [0.717, 1.165) is 50.4 Å². The van der Waals surface area contributed by atoms with Crippen molar-refractivity contribution < 1.29 is 4.79 Å². The zero-order chi connectivity index (χ0) is 13.5. The van der Waals surface area contributed by atoms with Gasteiger partial charge in [-0.25, -0.2) is 0 Å². The van der Waals surface area contributed by atoms with Gasteiger partial charge in [0.05, 0.1) is 0 Å². The summed E-state index contributed by atoms with van der Waals surface area (Å²) in [6, 6.07) is 0. The van der Waals surface area contributed by atoms with Crippen LogP contribution >= 0.6 is 12.6 Å². The van der Waals surface area contributed by atoms with E-state index in [1.807, 2.05) is 0 Å². The molecule has 0 aromatic rings. The lowest BCUT2D eigenvalue weighted by Crippen LogP contribution is -2.32. The molecule has 3 heteroatoms. The van der Waals surface area contributed by atoms with Crippen LogP contribution in [0.4, 0.5) is 0 Å². The van der Waals surface area contributed by atoms with Crippen LogP contribution in [0.15, 0.2) is 0 Å². The summed E-state index contributed by atoms with van der Waals surface area (Å²) >= 11 is 4.27. The van der Waals surface area contributed by atoms with Gasteiger partial charge in [0.15, 0.2) is 0 Å². The number of thiol groups is 1. The van der Waals surface area contributed by atoms with Gasteiger partial charge in [-0.15, -0.1) is 0 Å². The molecule has 2 atom stereocenters. The molecule has 1 aliphatic rings. The zero-order valence-corrected chi connectivity index (χ0v) is 13.1. The minimum Gasteiger partial charge on any atom is -0.343 e. The molecule has 0 radical (unpaired) electrons. The minimum absolute atomic E-state index is 0.372. The number of carbonyl (C=O) groups excluding carboxylic acids is 1. The van der Waals surface area contributed by atoms with Gasteiger partial charge in [0.25, 0.3) is 0 Å². The van der Waals surface area contributed by atoms with Crippen LogP contribution in [0.1, 0.15) is 52.9 Å². The highest BCUT2D eigenvalue weighted by Crippen LogP contribution is 2.25. The Morgan fingerprint density at radius 1 is 1.28 bits per heavy atom. The quantitative estimate of drug-likeness (QED) is 0.732. The normalized spacial score (nSPS) is 23.3. The second kappa shape index (κ2) is 8.08. The molecule has 2 unspecified atom stereocenters. The van der Waals surface area contributed by atoms with Gasteiger partial charge in [-0.05, 0) is 49.2 Å². The summed E-state index contributed by atoms with van der Waals surface area (Å²) < 4.78 is 0. The Morgan fingerprint density at radius 3 is 2.61 bits per heavy atom. The fraction of sp³-hybridized carbons (Fsp3) is 0.933. The first kappa shape index (κ1) is 15.9. The number of likely N-dealkylation sites (tertiary alicyclic amines) is 1. The summed E-state index contributed by atoms with van der Waals surface area (Å²) in [6.07, 6.45) is 5.30. The number of rotatable bonds is 6. The molecule has 1 heterocycles. The maximum atomic E-state index is 12.1. The Bertz CT molecular complexity index is 255. The summed E-state index contributed by atoms with van der Waals surface area (Å²) in [6.45, 7) is 8.72. The van der Waals surface area contributed by atoms with Gasteiger partial charge in [0.2, 0.25) is 5.91 Å². The van der Waals surface area contributed by atoms with E-state index < -0.39 is 0 Å². The molecule has 1 aliphatic heterocycles. The molecule has 0 spiro atoms. The van der Waals surface area contributed by atoms with Crippen molar-refractivity contribution in [2.45, 2.75) is 52.9 Å². The van der Waals surface area contributed by atoms with Crippen LogP contribution in [0.25, 0.3) is 0 Å². The molecule has 0 saturated carbocycles. The summed E-state index contributed by atoms with van der Waals surface area (Å²) in [5.74, 6) is 3.44. The van der Waals surface area contributed by atoms with E-state index in [0.29, 0.717) is 17.7 Å². The lowest BCUT2D eigenvalue weighted by Gasteiger charge is -2.23. The second-order valence-corrected chi connectivity index (χ2v) is 6.57. The number of carbonyl (C=O) groups is 1. The highest BCUT2D eigenvalue weighted by Gasteiger charge is 2.24. The minimum atomic E-state index is 0.372. The molecule has 0 bridgehead atoms. The number of hydrogen-bond acceptors (Lipinski definition) is 2. The molecule has 0 aromatic heterocycles. The fourth-order valence-electron chi connectivity index (χ4n) is 2.70. The van der Waals surface area contributed by atoms with Crippen LogP contribution in [0.2, 0.25) is 0 Å². The van der Waals surface area contributed by atoms with Crippen molar-refractivity contribution in [2.24, 2.45) is 17.8 Å². The maximum Gasteiger partial charge on any atom is 0.222 e. The Hall–Kier alpha value is -0.180. The van der Waals surface area contributed by atoms with Gasteiger partial charge in [-0.3, -0.25) is 4.79 Å². The second-order valence-electron chi connectivity index (χ2n) is 6.12. The predicted octanol–water partition coefficient (Wildman–Crippen LogP) is 3.62. The molecule has 1 amide bonds. The standard InChI is InChI=1S/C15H29NOS/c1-12(2)14-4-5-15(17)16(10-7-14)9-6-13(3)8-11-18/h12-14,18H,4-11H2,1-3H3. The van der Waals surface area contributed by atoms with Crippen molar-refractivity contribution in [3.63, 3.8) is 0 Å². The van der Waals surface area contributed by atoms with Crippen LogP contribution < -0.4 is 0 Å². The Kier molecular flexibility index (Phi) is 7.13. The van der Waals surface area contributed by atoms with Gasteiger partial charge >= 0.3 is 0 Å². The van der Waals surface area contributed by atoms with E-state index in [1.165, 1.54) is 6.42 Å². The van der Waals surface area contributed by atoms with Crippen LogP contribution in [0.5, 0.6) is 0 Å². The molecule has 1 saturated heterocycles. The van der Waals surface area contributed by atoms with Crippen molar-refractivity contribution in [1.29, 1.82) is 0 Å². The van der Waals surface area contributed by atoms with E-state index >= 15 is 0 Å². The molecule has 2 nitrogen and oxygen atoms in total. The number of amides is 1. The first-order valence-corrected chi connectivity index (χ1v) is 8.06. The third kappa shape index (κ3) is 5.21. The number of hydrogen-bond donors (Lipinski definition) is 1. The van der Waals surface area contributed by atoms with E-state index in [2.05, 4.69) is 38.3 Å². The molecule has 106 valence electrons. The average molecular weight is 271 g/mol. The van der Waals surface area contributed by atoms with Crippen molar-refractivity contribution >= 4 is 18.5 Å². The van der Waals surface area contributed by atoms with Crippen LogP contribution in [0, 0.1) is 17.8 Å². The Balaban J connectivity index is 2.38. The zero-order valence-electron chi connectivity index (χ0n) is 12.2. The summed E-state index contributed by atoms with van der Waals surface area (Å²) in [7, 11) is 0. The van der Waals surface area contributed by atoms with Crippen LogP contribution in [-0.2, 0) is 4.79 Å². The van der Waals surface area contributed by atoms with E-state index in [1.54, 1.807) is 0 Å². The Morgan fingerprint density at radius 2 is 2.00 bits per heavy atom. The lowest BCUT2D eigenvalue weighted by molar-refractivity contribution is -0.130. The smallest absolute Gasteiger partial charge is 0.222 e. The summed E-state index contributed by atoms with van der Waals surface area (Å²) in [5, 5.41) is 0. The van der Waals surface area contributed by atoms with E-state index in [-0.39, 0.29) is 0 Å². The highest BCUT2D eigenvalue weighted by atomic mass is 32.1. The SMILES string of the molecule is CC(CCS)CCN1CCC(C(C)C)CCC1=O. The third-order valence-electron chi connectivity index (χ3n) is 4.31. The largest absolute Gasteiger partial charge is 0.343 e. The predicted molar refractivity (Wildman–Crippen MR) is 81.0 cm³/mol. The molecule has 18 heavy (non-hydrogen) atoms.